The molecule has 0 saturated carbocycles. The molecule has 0 aliphatic carbocycles. The zero-order valence-electron chi connectivity index (χ0n) is 9.26. The van der Waals surface area contributed by atoms with E-state index in [4.69, 9.17) is 14.0 Å². The summed E-state index contributed by atoms with van der Waals surface area (Å²) in [6, 6.07) is 0. The number of ether oxygens (including phenoxy) is 2. The van der Waals surface area contributed by atoms with E-state index in [-0.39, 0.29) is 18.5 Å². The lowest BCUT2D eigenvalue weighted by Crippen LogP contribution is -2.29. The second-order valence-electron chi connectivity index (χ2n) is 3.48. The third-order valence-corrected chi connectivity index (χ3v) is 1.94. The summed E-state index contributed by atoms with van der Waals surface area (Å²) >= 11 is -2.05. The highest BCUT2D eigenvalue weighted by Gasteiger charge is 2.22. The molecule has 0 aromatic carbocycles. The lowest BCUT2D eigenvalue weighted by Gasteiger charge is -2.17. The lowest BCUT2D eigenvalue weighted by molar-refractivity contribution is -0.156. The molecule has 90 valence electrons. The van der Waals surface area contributed by atoms with Crippen LogP contribution in [0.2, 0.25) is 0 Å². The molecule has 0 radical (unpaired) electrons. The van der Waals surface area contributed by atoms with E-state index in [2.05, 4.69) is 0 Å². The standard InChI is InChI=1S/C9H18O5S/c1-4-13-9(10)8(5-7(2)3)14-6-15(11)12/h7-8H,4-6H2,1-3H3,(H,11,12). The highest BCUT2D eigenvalue weighted by Crippen LogP contribution is 2.10. The van der Waals surface area contributed by atoms with E-state index < -0.39 is 23.2 Å². The number of rotatable bonds is 7. The minimum atomic E-state index is -2.05. The number of hydrogen-bond donors (Lipinski definition) is 1. The molecule has 5 nitrogen and oxygen atoms in total. The van der Waals surface area contributed by atoms with Crippen LogP contribution >= 0.6 is 0 Å². The van der Waals surface area contributed by atoms with Gasteiger partial charge in [0.15, 0.2) is 17.2 Å². The van der Waals surface area contributed by atoms with Crippen LogP contribution in [0.25, 0.3) is 0 Å². The Kier molecular flexibility index (Phi) is 7.54. The van der Waals surface area contributed by atoms with Gasteiger partial charge in [-0.15, -0.1) is 0 Å². The van der Waals surface area contributed by atoms with Crippen LogP contribution < -0.4 is 0 Å². The molecule has 0 spiro atoms. The van der Waals surface area contributed by atoms with Crippen LogP contribution in [0.1, 0.15) is 27.2 Å². The van der Waals surface area contributed by atoms with E-state index >= 15 is 0 Å². The maximum absolute atomic E-state index is 11.4. The topological polar surface area (TPSA) is 72.8 Å². The fourth-order valence-electron chi connectivity index (χ4n) is 1.04. The zero-order valence-corrected chi connectivity index (χ0v) is 10.1. The van der Waals surface area contributed by atoms with Gasteiger partial charge in [0.2, 0.25) is 0 Å². The van der Waals surface area contributed by atoms with Crippen LogP contribution in [0.4, 0.5) is 0 Å². The van der Waals surface area contributed by atoms with E-state index in [0.717, 1.165) is 0 Å². The van der Waals surface area contributed by atoms with Crippen molar-refractivity contribution in [2.24, 2.45) is 5.92 Å². The summed E-state index contributed by atoms with van der Waals surface area (Å²) < 4.78 is 28.7. The van der Waals surface area contributed by atoms with Crippen molar-refractivity contribution >= 4 is 17.0 Å². The van der Waals surface area contributed by atoms with Gasteiger partial charge in [0.25, 0.3) is 0 Å². The summed E-state index contributed by atoms with van der Waals surface area (Å²) in [6.07, 6.45) is -0.267. The van der Waals surface area contributed by atoms with Gasteiger partial charge in [-0.25, -0.2) is 9.00 Å². The Morgan fingerprint density at radius 3 is 2.47 bits per heavy atom. The number of hydrogen-bond acceptors (Lipinski definition) is 4. The van der Waals surface area contributed by atoms with Crippen molar-refractivity contribution in [1.29, 1.82) is 0 Å². The third kappa shape index (κ3) is 7.47. The van der Waals surface area contributed by atoms with Gasteiger partial charge in [-0.1, -0.05) is 13.8 Å². The Hall–Kier alpha value is -0.460. The Morgan fingerprint density at radius 2 is 2.07 bits per heavy atom. The van der Waals surface area contributed by atoms with Gasteiger partial charge < -0.3 is 14.0 Å². The largest absolute Gasteiger partial charge is 0.464 e. The summed E-state index contributed by atoms with van der Waals surface area (Å²) in [6.45, 7) is 5.85. The van der Waals surface area contributed by atoms with E-state index in [1.54, 1.807) is 6.92 Å². The predicted molar refractivity (Wildman–Crippen MR) is 56.6 cm³/mol. The van der Waals surface area contributed by atoms with Gasteiger partial charge in [0.05, 0.1) is 6.61 Å². The maximum Gasteiger partial charge on any atom is 0.335 e. The molecule has 0 aromatic heterocycles. The summed E-state index contributed by atoms with van der Waals surface area (Å²) in [5, 5.41) is 0. The van der Waals surface area contributed by atoms with Crippen molar-refractivity contribution in [2.45, 2.75) is 33.3 Å². The zero-order chi connectivity index (χ0) is 11.8. The Morgan fingerprint density at radius 1 is 1.47 bits per heavy atom. The molecular weight excluding hydrogens is 220 g/mol. The SMILES string of the molecule is CCOC(=O)C(CC(C)C)OCS(=O)O. The number of carbonyl (C=O) groups is 1. The van der Waals surface area contributed by atoms with Crippen LogP contribution in [0.5, 0.6) is 0 Å². The molecule has 0 heterocycles. The van der Waals surface area contributed by atoms with E-state index in [0.29, 0.717) is 6.42 Å². The number of carbonyl (C=O) groups excluding carboxylic acids is 1. The Balaban J connectivity index is 4.16. The van der Waals surface area contributed by atoms with Crippen molar-refractivity contribution in [1.82, 2.24) is 0 Å². The molecule has 0 aliphatic heterocycles. The van der Waals surface area contributed by atoms with Crippen molar-refractivity contribution in [2.75, 3.05) is 12.5 Å². The summed E-state index contributed by atoms with van der Waals surface area (Å²) in [5.74, 6) is -0.584. The monoisotopic (exact) mass is 238 g/mol. The molecule has 0 bridgehead atoms. The van der Waals surface area contributed by atoms with E-state index in [9.17, 15) is 9.00 Å². The lowest BCUT2D eigenvalue weighted by atomic mass is 10.1. The quantitative estimate of drug-likeness (QED) is 0.532. The molecule has 0 rings (SSSR count). The molecule has 2 atom stereocenters. The molecule has 6 heteroatoms. The Labute approximate surface area is 92.4 Å². The molecule has 0 amide bonds. The highest BCUT2D eigenvalue weighted by molar-refractivity contribution is 7.79. The van der Waals surface area contributed by atoms with Gasteiger partial charge in [-0.2, -0.15) is 0 Å². The first kappa shape index (κ1) is 14.5. The second kappa shape index (κ2) is 7.78. The fraction of sp³-hybridized carbons (Fsp3) is 0.889. The molecule has 15 heavy (non-hydrogen) atoms. The molecule has 0 aromatic rings. The van der Waals surface area contributed by atoms with Crippen LogP contribution in [-0.4, -0.2) is 33.4 Å². The first-order valence-corrected chi connectivity index (χ1v) is 6.10. The average molecular weight is 238 g/mol. The third-order valence-electron chi connectivity index (χ3n) is 1.61. The van der Waals surface area contributed by atoms with Crippen molar-refractivity contribution in [3.8, 4) is 0 Å². The Bertz CT molecular complexity index is 217. The first-order chi connectivity index (χ1) is 6.97. The molecule has 0 fully saturated rings. The van der Waals surface area contributed by atoms with Crippen LogP contribution in [-0.2, 0) is 25.3 Å². The van der Waals surface area contributed by atoms with E-state index in [1.165, 1.54) is 0 Å². The summed E-state index contributed by atoms with van der Waals surface area (Å²) in [7, 11) is 0. The molecular formula is C9H18O5S. The minimum Gasteiger partial charge on any atom is -0.464 e. The summed E-state index contributed by atoms with van der Waals surface area (Å²) in [5.41, 5.74) is 0. The van der Waals surface area contributed by atoms with Gasteiger partial charge in [-0.3, -0.25) is 0 Å². The highest BCUT2D eigenvalue weighted by atomic mass is 32.2. The molecule has 0 saturated heterocycles. The number of esters is 1. The maximum atomic E-state index is 11.4. The van der Waals surface area contributed by atoms with Crippen LogP contribution in [0.15, 0.2) is 0 Å². The first-order valence-electron chi connectivity index (χ1n) is 4.83. The van der Waals surface area contributed by atoms with Crippen molar-refractivity contribution < 1.29 is 23.0 Å². The van der Waals surface area contributed by atoms with Gasteiger partial charge in [0, 0.05) is 0 Å². The van der Waals surface area contributed by atoms with Crippen LogP contribution in [0.3, 0.4) is 0 Å². The fourth-order valence-corrected chi connectivity index (χ4v) is 1.32. The van der Waals surface area contributed by atoms with Crippen LogP contribution in [0, 0.1) is 5.92 Å². The minimum absolute atomic E-state index is 0.256. The van der Waals surface area contributed by atoms with Crippen molar-refractivity contribution in [3.05, 3.63) is 0 Å². The average Bonchev–Trinajstić information content (AvgIpc) is 2.11. The van der Waals surface area contributed by atoms with Gasteiger partial charge >= 0.3 is 5.97 Å². The summed E-state index contributed by atoms with van der Waals surface area (Å²) in [4.78, 5) is 11.4. The van der Waals surface area contributed by atoms with E-state index in [1.807, 2.05) is 13.8 Å². The normalized spacial score (nSPS) is 15.0. The molecule has 2 unspecified atom stereocenters. The van der Waals surface area contributed by atoms with Crippen molar-refractivity contribution in [3.63, 3.8) is 0 Å². The smallest absolute Gasteiger partial charge is 0.335 e. The second-order valence-corrected chi connectivity index (χ2v) is 4.35. The van der Waals surface area contributed by atoms with Gasteiger partial charge in [0.1, 0.15) is 5.94 Å². The molecule has 0 aliphatic rings. The van der Waals surface area contributed by atoms with Gasteiger partial charge in [-0.05, 0) is 19.3 Å². The molecule has 1 N–H and O–H groups in total. The predicted octanol–water partition coefficient (Wildman–Crippen LogP) is 1.16.